The van der Waals surface area contributed by atoms with Gasteiger partial charge in [-0.25, -0.2) is 18.7 Å². The third-order valence-corrected chi connectivity index (χ3v) is 9.20. The number of nitrogens with zero attached hydrogens (tertiary/aromatic N) is 3. The lowest BCUT2D eigenvalue weighted by atomic mass is 9.87. The third kappa shape index (κ3) is 5.77. The summed E-state index contributed by atoms with van der Waals surface area (Å²) in [6.45, 7) is 13.0. The highest BCUT2D eigenvalue weighted by atomic mass is 19.1. The highest BCUT2D eigenvalue weighted by molar-refractivity contribution is 5.88. The molecule has 1 saturated heterocycles. The first-order chi connectivity index (χ1) is 18.9. The maximum absolute atomic E-state index is 16.1. The number of likely N-dealkylation sites (tertiary alicyclic amines) is 1. The van der Waals surface area contributed by atoms with E-state index in [1.807, 2.05) is 0 Å². The maximum Gasteiger partial charge on any atom is 0.160 e. The zero-order chi connectivity index (χ0) is 27.6. The van der Waals surface area contributed by atoms with Gasteiger partial charge in [0.15, 0.2) is 5.82 Å². The Morgan fingerprint density at radius 2 is 1.92 bits per heavy atom. The molecule has 1 spiro atoms. The standard InChI is InChI=1S/C34H39F2N3/c1-5-9-24(7-3)26(8-4)27(10-6-2)30-28(35)21-25-22-37-29(38-32(25)31(30)36)11-12-34(15-16-34)23-39-19-17-33(13-14-33)18-20-39/h3,5-6,8,10,21-22,24H,1,4,9,11-20,23H2,2H3/b10-6+,27-26-. The van der Waals surface area contributed by atoms with E-state index in [4.69, 9.17) is 6.42 Å². The minimum atomic E-state index is -0.695. The van der Waals surface area contributed by atoms with Gasteiger partial charge < -0.3 is 4.90 Å². The van der Waals surface area contributed by atoms with Crippen LogP contribution in [-0.2, 0) is 6.42 Å². The van der Waals surface area contributed by atoms with Gasteiger partial charge in [0, 0.05) is 30.5 Å². The Morgan fingerprint density at radius 1 is 1.18 bits per heavy atom. The van der Waals surface area contributed by atoms with E-state index in [9.17, 15) is 0 Å². The highest BCUT2D eigenvalue weighted by Gasteiger charge is 2.48. The van der Waals surface area contributed by atoms with Gasteiger partial charge >= 0.3 is 0 Å². The van der Waals surface area contributed by atoms with Crippen LogP contribution in [0.1, 0.15) is 69.7 Å². The molecule has 1 atom stereocenters. The zero-order valence-electron chi connectivity index (χ0n) is 23.1. The van der Waals surface area contributed by atoms with Crippen LogP contribution in [-0.4, -0.2) is 34.5 Å². The van der Waals surface area contributed by atoms with Gasteiger partial charge in [-0.2, -0.15) is 0 Å². The fourth-order valence-electron chi connectivity index (χ4n) is 6.27. The fraction of sp³-hybridized carbons (Fsp3) is 0.471. The Labute approximate surface area is 231 Å². The summed E-state index contributed by atoms with van der Waals surface area (Å²) in [7, 11) is 0. The van der Waals surface area contributed by atoms with Crippen LogP contribution in [0.25, 0.3) is 16.5 Å². The van der Waals surface area contributed by atoms with E-state index in [1.54, 1.807) is 37.4 Å². The molecule has 204 valence electrons. The lowest BCUT2D eigenvalue weighted by Gasteiger charge is -2.34. The molecule has 1 aromatic carbocycles. The van der Waals surface area contributed by atoms with Crippen LogP contribution < -0.4 is 0 Å². The van der Waals surface area contributed by atoms with Crippen LogP contribution in [0, 0.1) is 40.7 Å². The Balaban J connectivity index is 1.40. The molecule has 0 N–H and O–H groups in total. The molecule has 3 nitrogen and oxygen atoms in total. The Kier molecular flexibility index (Phi) is 7.87. The maximum atomic E-state index is 16.1. The van der Waals surface area contributed by atoms with E-state index < -0.39 is 17.6 Å². The first kappa shape index (κ1) is 27.5. The van der Waals surface area contributed by atoms with Gasteiger partial charge in [-0.15, -0.1) is 13.0 Å². The van der Waals surface area contributed by atoms with Gasteiger partial charge in [0.05, 0.1) is 5.56 Å². The van der Waals surface area contributed by atoms with Gasteiger partial charge in [-0.05, 0) is 99.4 Å². The average molecular weight is 528 g/mol. The van der Waals surface area contributed by atoms with Gasteiger partial charge in [0.1, 0.15) is 17.2 Å². The second-order valence-electron chi connectivity index (χ2n) is 11.9. The monoisotopic (exact) mass is 527 g/mol. The summed E-state index contributed by atoms with van der Waals surface area (Å²) < 4.78 is 31.5. The lowest BCUT2D eigenvalue weighted by molar-refractivity contribution is 0.140. The predicted molar refractivity (Wildman–Crippen MR) is 156 cm³/mol. The molecular weight excluding hydrogens is 488 g/mol. The van der Waals surface area contributed by atoms with E-state index in [-0.39, 0.29) is 11.1 Å². The molecule has 1 aromatic heterocycles. The molecule has 5 rings (SSSR count). The van der Waals surface area contributed by atoms with Crippen molar-refractivity contribution in [3.05, 3.63) is 78.3 Å². The molecule has 1 aliphatic heterocycles. The van der Waals surface area contributed by atoms with Crippen molar-refractivity contribution in [2.45, 2.75) is 64.7 Å². The topological polar surface area (TPSA) is 29.0 Å². The first-order valence-corrected chi connectivity index (χ1v) is 14.3. The van der Waals surface area contributed by atoms with E-state index in [0.29, 0.717) is 46.0 Å². The molecule has 3 fully saturated rings. The Hall–Kier alpha value is -3.10. The summed E-state index contributed by atoms with van der Waals surface area (Å²) in [5, 5.41) is 0.348. The van der Waals surface area contributed by atoms with Crippen LogP contribution in [0.2, 0.25) is 0 Å². The van der Waals surface area contributed by atoms with Crippen molar-refractivity contribution in [1.29, 1.82) is 0 Å². The first-order valence-electron chi connectivity index (χ1n) is 14.3. The molecule has 0 radical (unpaired) electrons. The van der Waals surface area contributed by atoms with Gasteiger partial charge in [-0.1, -0.05) is 36.8 Å². The number of hydrogen-bond donors (Lipinski definition) is 0. The molecule has 0 bridgehead atoms. The number of piperidine rings is 1. The zero-order valence-corrected chi connectivity index (χ0v) is 23.1. The Bertz CT molecular complexity index is 1360. The third-order valence-electron chi connectivity index (χ3n) is 9.20. The number of rotatable bonds is 11. The summed E-state index contributed by atoms with van der Waals surface area (Å²) in [6.07, 6.45) is 24.2. The summed E-state index contributed by atoms with van der Waals surface area (Å²) in [5.74, 6) is 1.55. The largest absolute Gasteiger partial charge is 0.303 e. The number of aromatic nitrogens is 2. The van der Waals surface area contributed by atoms with Crippen molar-refractivity contribution in [2.75, 3.05) is 19.6 Å². The van der Waals surface area contributed by atoms with Crippen molar-refractivity contribution in [1.82, 2.24) is 14.9 Å². The van der Waals surface area contributed by atoms with E-state index >= 15 is 8.78 Å². The van der Waals surface area contributed by atoms with Crippen LogP contribution in [0.3, 0.4) is 0 Å². The predicted octanol–water partition coefficient (Wildman–Crippen LogP) is 7.84. The normalized spacial score (nSPS) is 21.0. The average Bonchev–Trinajstić information content (AvgIpc) is 3.87. The minimum Gasteiger partial charge on any atom is -0.303 e. The summed E-state index contributed by atoms with van der Waals surface area (Å²) in [6, 6.07) is 1.31. The smallest absolute Gasteiger partial charge is 0.160 e. The molecule has 39 heavy (non-hydrogen) atoms. The van der Waals surface area contributed by atoms with Gasteiger partial charge in [0.2, 0.25) is 0 Å². The van der Waals surface area contributed by atoms with Gasteiger partial charge in [-0.3, -0.25) is 0 Å². The molecular formula is C34H39F2N3. The van der Waals surface area contributed by atoms with Crippen molar-refractivity contribution >= 4 is 16.5 Å². The number of halogens is 2. The van der Waals surface area contributed by atoms with Crippen molar-refractivity contribution in [3.63, 3.8) is 0 Å². The molecule has 2 heterocycles. The van der Waals surface area contributed by atoms with Crippen LogP contribution in [0.15, 0.2) is 55.3 Å². The highest BCUT2D eigenvalue weighted by Crippen LogP contribution is 2.55. The Morgan fingerprint density at radius 3 is 2.51 bits per heavy atom. The van der Waals surface area contributed by atoms with E-state index in [1.165, 1.54) is 57.7 Å². The van der Waals surface area contributed by atoms with Crippen LogP contribution in [0.5, 0.6) is 0 Å². The number of fused-ring (bicyclic) bond motifs is 1. The molecule has 2 saturated carbocycles. The van der Waals surface area contributed by atoms with Crippen LogP contribution in [0.4, 0.5) is 8.78 Å². The molecule has 2 aliphatic carbocycles. The molecule has 5 heteroatoms. The fourth-order valence-corrected chi connectivity index (χ4v) is 6.27. The summed E-state index contributed by atoms with van der Waals surface area (Å²) in [4.78, 5) is 11.7. The van der Waals surface area contributed by atoms with E-state index in [2.05, 4.69) is 33.9 Å². The number of aryl methyl sites for hydroxylation is 1. The second-order valence-corrected chi connectivity index (χ2v) is 11.9. The second kappa shape index (κ2) is 11.2. The van der Waals surface area contributed by atoms with Gasteiger partial charge in [0.25, 0.3) is 0 Å². The number of benzene rings is 1. The summed E-state index contributed by atoms with van der Waals surface area (Å²) >= 11 is 0. The van der Waals surface area contributed by atoms with Crippen LogP contribution >= 0.6 is 0 Å². The number of allylic oxidation sites excluding steroid dienone is 6. The quantitative estimate of drug-likeness (QED) is 0.169. The molecule has 3 aliphatic rings. The van der Waals surface area contributed by atoms with Crippen molar-refractivity contribution in [3.8, 4) is 12.3 Å². The minimum absolute atomic E-state index is 0.137. The molecule has 0 amide bonds. The van der Waals surface area contributed by atoms with Crippen molar-refractivity contribution < 1.29 is 8.78 Å². The lowest BCUT2D eigenvalue weighted by Crippen LogP contribution is -2.38. The number of terminal acetylenes is 1. The van der Waals surface area contributed by atoms with Crippen molar-refractivity contribution in [2.24, 2.45) is 16.7 Å². The SMILES string of the molecule is C#CC(CC=C)/C(C=C)=C(/C=C/C)c1c(F)cc2cnc(CCC3(CN4CCC5(CC4)CC5)CC3)nc2c1F. The van der Waals surface area contributed by atoms with E-state index in [0.717, 1.165) is 13.0 Å². The molecule has 2 aromatic rings. The molecule has 1 unspecified atom stereocenters. The summed E-state index contributed by atoms with van der Waals surface area (Å²) in [5.41, 5.74) is 1.98. The number of hydrogen-bond acceptors (Lipinski definition) is 3.